The molecule has 2 aliphatic rings. The molecule has 0 saturated heterocycles. The van der Waals surface area contributed by atoms with E-state index in [1.54, 1.807) is 24.3 Å². The zero-order chi connectivity index (χ0) is 23.4. The number of hydrogen-bond acceptors (Lipinski definition) is 5. The number of hydroxylamine groups is 2. The monoisotopic (exact) mass is 456 g/mol. The summed E-state index contributed by atoms with van der Waals surface area (Å²) in [5.74, 6) is -1.64. The van der Waals surface area contributed by atoms with E-state index in [-0.39, 0.29) is 11.5 Å². The lowest BCUT2D eigenvalue weighted by Crippen LogP contribution is -2.49. The van der Waals surface area contributed by atoms with Crippen LogP contribution in [0.1, 0.15) is 36.8 Å². The van der Waals surface area contributed by atoms with Crippen molar-refractivity contribution in [2.45, 2.75) is 37.5 Å². The third-order valence-electron chi connectivity index (χ3n) is 5.77. The van der Waals surface area contributed by atoms with E-state index in [1.165, 1.54) is 7.05 Å². The first-order valence-electron chi connectivity index (χ1n) is 10.8. The quantitative estimate of drug-likeness (QED) is 0.281. The molecule has 33 heavy (non-hydrogen) atoms. The Morgan fingerprint density at radius 2 is 1.97 bits per heavy atom. The number of rotatable bonds is 7. The summed E-state index contributed by atoms with van der Waals surface area (Å²) in [5, 5.41) is 19.0. The summed E-state index contributed by atoms with van der Waals surface area (Å²) >= 11 is 0. The number of ether oxygens (including phenoxy) is 1. The highest BCUT2D eigenvalue weighted by Crippen LogP contribution is 2.41. The van der Waals surface area contributed by atoms with E-state index >= 15 is 0 Å². The maximum atomic E-state index is 14.5. The molecule has 2 aromatic rings. The standard InChI is InChI=1S/C24H26F2N4O3/c1-29(32)23(31)30-24(17-8-3-2-4-9-17,14-7-15-27-19-10-5-6-11-19)33-22(28-30)20-16-18(25)12-13-21(20)26/h2-6,8-9,12-13,16,19,27,32H,7,10-11,14-15H2,1H3. The topological polar surface area (TPSA) is 77.4 Å². The van der Waals surface area contributed by atoms with Crippen LogP contribution in [0.5, 0.6) is 0 Å². The first-order chi connectivity index (χ1) is 15.9. The third-order valence-corrected chi connectivity index (χ3v) is 5.77. The fraction of sp³-hybridized carbons (Fsp3) is 0.333. The molecule has 0 radical (unpaired) electrons. The van der Waals surface area contributed by atoms with Gasteiger partial charge in [-0.15, -0.1) is 5.10 Å². The van der Waals surface area contributed by atoms with Gasteiger partial charge in [-0.3, -0.25) is 5.21 Å². The molecule has 2 aromatic carbocycles. The van der Waals surface area contributed by atoms with Gasteiger partial charge in [0.1, 0.15) is 11.6 Å². The van der Waals surface area contributed by atoms with E-state index < -0.39 is 23.4 Å². The molecule has 1 heterocycles. The SMILES string of the molecule is CN(O)C(=O)N1N=C(c2cc(F)ccc2F)OC1(CCCNC1CC=CC1)c1ccccc1. The summed E-state index contributed by atoms with van der Waals surface area (Å²) in [4.78, 5) is 12.9. The number of hydrogen-bond donors (Lipinski definition) is 2. The Bertz CT molecular complexity index is 1050. The van der Waals surface area contributed by atoms with Crippen molar-refractivity contribution >= 4 is 11.9 Å². The Kier molecular flexibility index (Phi) is 6.71. The molecule has 2 amide bonds. The Morgan fingerprint density at radius 3 is 2.67 bits per heavy atom. The van der Waals surface area contributed by atoms with E-state index in [2.05, 4.69) is 22.6 Å². The van der Waals surface area contributed by atoms with Gasteiger partial charge in [-0.05, 0) is 44.0 Å². The molecule has 1 unspecified atom stereocenters. The molecule has 0 fully saturated rings. The fourth-order valence-electron chi connectivity index (χ4n) is 4.10. The van der Waals surface area contributed by atoms with Gasteiger partial charge in [0.15, 0.2) is 0 Å². The minimum absolute atomic E-state index is 0.207. The van der Waals surface area contributed by atoms with Crippen molar-refractivity contribution in [1.29, 1.82) is 0 Å². The fourth-order valence-corrected chi connectivity index (χ4v) is 4.10. The molecule has 0 bridgehead atoms. The van der Waals surface area contributed by atoms with Crippen molar-refractivity contribution in [3.05, 3.63) is 83.4 Å². The summed E-state index contributed by atoms with van der Waals surface area (Å²) in [5.41, 5.74) is -1.06. The van der Waals surface area contributed by atoms with Gasteiger partial charge in [0.2, 0.25) is 11.6 Å². The number of nitrogens with zero attached hydrogens (tertiary/aromatic N) is 3. The van der Waals surface area contributed by atoms with Gasteiger partial charge in [0, 0.05) is 25.1 Å². The van der Waals surface area contributed by atoms with Crippen LogP contribution >= 0.6 is 0 Å². The molecule has 1 aliphatic heterocycles. The number of carbonyl (C=O) groups excluding carboxylic acids is 1. The number of hydrazone groups is 1. The molecule has 0 aromatic heterocycles. The van der Waals surface area contributed by atoms with Gasteiger partial charge in [-0.1, -0.05) is 42.5 Å². The molecule has 174 valence electrons. The van der Waals surface area contributed by atoms with Crippen molar-refractivity contribution in [2.75, 3.05) is 13.6 Å². The van der Waals surface area contributed by atoms with E-state index in [9.17, 15) is 18.8 Å². The highest BCUT2D eigenvalue weighted by atomic mass is 19.1. The average Bonchev–Trinajstić information content (AvgIpc) is 3.47. The van der Waals surface area contributed by atoms with Gasteiger partial charge in [-0.25, -0.2) is 18.6 Å². The average molecular weight is 456 g/mol. The van der Waals surface area contributed by atoms with Gasteiger partial charge in [0.05, 0.1) is 5.56 Å². The number of nitrogens with one attached hydrogen (secondary N) is 1. The Balaban J connectivity index is 1.68. The van der Waals surface area contributed by atoms with Gasteiger partial charge < -0.3 is 10.1 Å². The summed E-state index contributed by atoms with van der Waals surface area (Å²) < 4.78 is 34.6. The largest absolute Gasteiger partial charge is 0.443 e. The Hall–Kier alpha value is -3.30. The Labute approximate surface area is 190 Å². The van der Waals surface area contributed by atoms with Gasteiger partial charge >= 0.3 is 6.03 Å². The lowest BCUT2D eigenvalue weighted by Gasteiger charge is -2.36. The lowest BCUT2D eigenvalue weighted by atomic mass is 9.96. The van der Waals surface area contributed by atoms with Crippen LogP contribution < -0.4 is 5.32 Å². The summed E-state index contributed by atoms with van der Waals surface area (Å²) in [6.45, 7) is 0.658. The zero-order valence-corrected chi connectivity index (χ0v) is 18.2. The molecule has 4 rings (SSSR count). The molecular formula is C24H26F2N4O3. The third kappa shape index (κ3) is 4.74. The van der Waals surface area contributed by atoms with Crippen LogP contribution in [0.2, 0.25) is 0 Å². The van der Waals surface area contributed by atoms with E-state index in [1.807, 2.05) is 6.07 Å². The van der Waals surface area contributed by atoms with Gasteiger partial charge in [-0.2, -0.15) is 5.01 Å². The summed E-state index contributed by atoms with van der Waals surface area (Å²) in [6, 6.07) is 11.4. The second-order valence-electron chi connectivity index (χ2n) is 8.10. The molecular weight excluding hydrogens is 430 g/mol. The van der Waals surface area contributed by atoms with E-state index in [0.717, 1.165) is 36.0 Å². The van der Waals surface area contributed by atoms with Crippen LogP contribution in [0.4, 0.5) is 13.6 Å². The van der Waals surface area contributed by atoms with E-state index in [4.69, 9.17) is 4.74 Å². The molecule has 2 N–H and O–H groups in total. The van der Waals surface area contributed by atoms with Crippen molar-refractivity contribution in [3.8, 4) is 0 Å². The molecule has 1 atom stereocenters. The number of urea groups is 1. The van der Waals surface area contributed by atoms with Crippen molar-refractivity contribution < 1.29 is 23.5 Å². The van der Waals surface area contributed by atoms with Crippen LogP contribution in [0.3, 0.4) is 0 Å². The molecule has 0 saturated carbocycles. The van der Waals surface area contributed by atoms with Crippen molar-refractivity contribution in [2.24, 2.45) is 5.10 Å². The minimum Gasteiger partial charge on any atom is -0.443 e. The minimum atomic E-state index is -1.45. The predicted molar refractivity (Wildman–Crippen MR) is 118 cm³/mol. The molecule has 1 aliphatic carbocycles. The lowest BCUT2D eigenvalue weighted by molar-refractivity contribution is -0.0946. The molecule has 9 heteroatoms. The van der Waals surface area contributed by atoms with Crippen LogP contribution in [0.15, 0.2) is 65.8 Å². The Morgan fingerprint density at radius 1 is 1.24 bits per heavy atom. The zero-order valence-electron chi connectivity index (χ0n) is 18.2. The number of halogens is 2. The predicted octanol–water partition coefficient (Wildman–Crippen LogP) is 4.34. The highest BCUT2D eigenvalue weighted by molar-refractivity contribution is 5.97. The number of benzene rings is 2. The second kappa shape index (κ2) is 9.68. The van der Waals surface area contributed by atoms with Crippen LogP contribution in [0.25, 0.3) is 0 Å². The second-order valence-corrected chi connectivity index (χ2v) is 8.10. The first-order valence-corrected chi connectivity index (χ1v) is 10.8. The first kappa shape index (κ1) is 22.9. The highest BCUT2D eigenvalue weighted by Gasteiger charge is 2.50. The van der Waals surface area contributed by atoms with Crippen LogP contribution in [-0.4, -0.2) is 46.8 Å². The molecule has 0 spiro atoms. The summed E-state index contributed by atoms with van der Waals surface area (Å²) in [7, 11) is 1.17. The van der Waals surface area contributed by atoms with Crippen molar-refractivity contribution in [3.63, 3.8) is 0 Å². The van der Waals surface area contributed by atoms with E-state index in [0.29, 0.717) is 36.1 Å². The van der Waals surface area contributed by atoms with Crippen LogP contribution in [-0.2, 0) is 10.5 Å². The normalized spacial score (nSPS) is 20.1. The van der Waals surface area contributed by atoms with Gasteiger partial charge in [0.25, 0.3) is 0 Å². The number of amides is 2. The smallest absolute Gasteiger partial charge is 0.367 e. The van der Waals surface area contributed by atoms with Crippen molar-refractivity contribution in [1.82, 2.24) is 15.4 Å². The summed E-state index contributed by atoms with van der Waals surface area (Å²) in [6.07, 6.45) is 7.09. The molecule has 7 nitrogen and oxygen atoms in total. The maximum absolute atomic E-state index is 14.5. The number of carbonyl (C=O) groups is 1. The van der Waals surface area contributed by atoms with Crippen LogP contribution in [0, 0.1) is 11.6 Å². The maximum Gasteiger partial charge on any atom is 0.367 e.